The Balaban J connectivity index is 1.60. The molecule has 3 aromatic rings. The highest BCUT2D eigenvalue weighted by Gasteiger charge is 2.10. The van der Waals surface area contributed by atoms with E-state index in [-0.39, 0.29) is 5.82 Å². The first-order valence-electron chi connectivity index (χ1n) is 11.8. The van der Waals surface area contributed by atoms with E-state index in [2.05, 4.69) is 13.8 Å². The first kappa shape index (κ1) is 23.7. The number of hydrogen-bond acceptors (Lipinski definition) is 2. The van der Waals surface area contributed by atoms with Gasteiger partial charge in [-0.2, -0.15) is 0 Å². The standard InChI is InChI=1S/C29H33FO2/c1-3-5-7-9-22-11-19-27(20-12-22)32-29(31)25-16-13-23(14-17-25)26-18-15-24(28(30)21-26)10-8-6-4-2/h11-21H,3-10H2,1-2H3. The van der Waals surface area contributed by atoms with Crippen molar-refractivity contribution in [3.63, 3.8) is 0 Å². The van der Waals surface area contributed by atoms with Crippen LogP contribution in [0.4, 0.5) is 4.39 Å². The largest absolute Gasteiger partial charge is 0.423 e. The molecular weight excluding hydrogens is 399 g/mol. The van der Waals surface area contributed by atoms with Crippen LogP contribution in [0, 0.1) is 5.82 Å². The van der Waals surface area contributed by atoms with Crippen molar-refractivity contribution >= 4 is 5.97 Å². The van der Waals surface area contributed by atoms with Gasteiger partial charge in [-0.05, 0) is 78.3 Å². The number of halogens is 1. The van der Waals surface area contributed by atoms with E-state index in [0.717, 1.165) is 48.8 Å². The molecule has 0 aromatic heterocycles. The summed E-state index contributed by atoms with van der Waals surface area (Å²) in [6.45, 7) is 4.34. The van der Waals surface area contributed by atoms with Crippen LogP contribution in [-0.2, 0) is 12.8 Å². The van der Waals surface area contributed by atoms with Crippen LogP contribution in [0.1, 0.15) is 73.9 Å². The Labute approximate surface area is 191 Å². The fourth-order valence-electron chi connectivity index (χ4n) is 3.76. The molecule has 0 heterocycles. The maximum Gasteiger partial charge on any atom is 0.343 e. The summed E-state index contributed by atoms with van der Waals surface area (Å²) in [6, 6.07) is 20.2. The van der Waals surface area contributed by atoms with E-state index in [4.69, 9.17) is 4.74 Å². The summed E-state index contributed by atoms with van der Waals surface area (Å²) < 4.78 is 20.0. The van der Waals surface area contributed by atoms with Crippen LogP contribution in [0.5, 0.6) is 5.75 Å². The van der Waals surface area contributed by atoms with E-state index in [0.29, 0.717) is 11.3 Å². The predicted molar refractivity (Wildman–Crippen MR) is 130 cm³/mol. The number of benzene rings is 3. The third-order valence-electron chi connectivity index (χ3n) is 5.76. The molecule has 0 spiro atoms. The van der Waals surface area contributed by atoms with Crippen LogP contribution in [0.2, 0.25) is 0 Å². The Kier molecular flexibility index (Phi) is 9.03. The molecule has 0 radical (unpaired) electrons. The highest BCUT2D eigenvalue weighted by molar-refractivity contribution is 5.91. The lowest BCUT2D eigenvalue weighted by Crippen LogP contribution is -2.08. The van der Waals surface area contributed by atoms with Gasteiger partial charge in [0.2, 0.25) is 0 Å². The van der Waals surface area contributed by atoms with E-state index in [1.54, 1.807) is 18.2 Å². The van der Waals surface area contributed by atoms with Gasteiger partial charge in [-0.3, -0.25) is 0 Å². The zero-order valence-corrected chi connectivity index (χ0v) is 19.2. The summed E-state index contributed by atoms with van der Waals surface area (Å²) in [5.41, 5.74) is 4.17. The van der Waals surface area contributed by atoms with Gasteiger partial charge in [-0.25, -0.2) is 9.18 Å². The second-order valence-electron chi connectivity index (χ2n) is 8.33. The summed E-state index contributed by atoms with van der Waals surface area (Å²) in [5.74, 6) is -0.0213. The minimum absolute atomic E-state index is 0.166. The van der Waals surface area contributed by atoms with Gasteiger partial charge in [0, 0.05) is 0 Å². The number of rotatable bonds is 11. The maximum atomic E-state index is 14.5. The van der Waals surface area contributed by atoms with Gasteiger partial charge in [0.25, 0.3) is 0 Å². The molecule has 0 aliphatic carbocycles. The van der Waals surface area contributed by atoms with E-state index >= 15 is 0 Å². The Morgan fingerprint density at radius 1 is 0.750 bits per heavy atom. The molecule has 0 aliphatic heterocycles. The molecule has 0 bridgehead atoms. The van der Waals surface area contributed by atoms with Gasteiger partial charge in [0.1, 0.15) is 11.6 Å². The quantitative estimate of drug-likeness (QED) is 0.173. The van der Waals surface area contributed by atoms with E-state index in [1.165, 1.54) is 24.8 Å². The summed E-state index contributed by atoms with van der Waals surface area (Å²) in [5, 5.41) is 0. The Hall–Kier alpha value is -2.94. The number of hydrogen-bond donors (Lipinski definition) is 0. The minimum Gasteiger partial charge on any atom is -0.423 e. The summed E-state index contributed by atoms with van der Waals surface area (Å²) in [7, 11) is 0. The van der Waals surface area contributed by atoms with Crippen LogP contribution >= 0.6 is 0 Å². The van der Waals surface area contributed by atoms with Crippen LogP contribution in [0.3, 0.4) is 0 Å². The van der Waals surface area contributed by atoms with Gasteiger partial charge in [-0.1, -0.05) is 75.9 Å². The molecule has 0 saturated carbocycles. The highest BCUT2D eigenvalue weighted by Crippen LogP contribution is 2.24. The normalized spacial score (nSPS) is 10.8. The van der Waals surface area contributed by atoms with E-state index < -0.39 is 5.97 Å². The molecule has 0 amide bonds. The smallest absolute Gasteiger partial charge is 0.343 e. The number of aryl methyl sites for hydroxylation is 2. The number of unbranched alkanes of at least 4 members (excludes halogenated alkanes) is 4. The zero-order valence-electron chi connectivity index (χ0n) is 19.2. The van der Waals surface area contributed by atoms with Crippen molar-refractivity contribution in [1.82, 2.24) is 0 Å². The van der Waals surface area contributed by atoms with Gasteiger partial charge in [-0.15, -0.1) is 0 Å². The second-order valence-corrected chi connectivity index (χ2v) is 8.33. The molecule has 0 fully saturated rings. The number of carbonyl (C=O) groups excluding carboxylic acids is 1. The molecule has 0 atom stereocenters. The van der Waals surface area contributed by atoms with Crippen molar-refractivity contribution < 1.29 is 13.9 Å². The Morgan fingerprint density at radius 3 is 2.00 bits per heavy atom. The summed E-state index contributed by atoms with van der Waals surface area (Å²) in [4.78, 5) is 12.5. The van der Waals surface area contributed by atoms with E-state index in [1.807, 2.05) is 48.5 Å². The molecule has 0 N–H and O–H groups in total. The fraction of sp³-hybridized carbons (Fsp3) is 0.345. The molecule has 0 aliphatic rings. The zero-order chi connectivity index (χ0) is 22.8. The first-order valence-corrected chi connectivity index (χ1v) is 11.8. The summed E-state index contributed by atoms with van der Waals surface area (Å²) >= 11 is 0. The van der Waals surface area contributed by atoms with Crippen molar-refractivity contribution in [3.05, 3.63) is 89.2 Å². The first-order chi connectivity index (χ1) is 15.6. The molecule has 32 heavy (non-hydrogen) atoms. The Bertz CT molecular complexity index is 991. The second kappa shape index (κ2) is 12.2. The lowest BCUT2D eigenvalue weighted by Gasteiger charge is -2.08. The molecule has 0 unspecified atom stereocenters. The van der Waals surface area contributed by atoms with Gasteiger partial charge in [0.15, 0.2) is 0 Å². The van der Waals surface area contributed by atoms with Crippen molar-refractivity contribution in [2.75, 3.05) is 0 Å². The number of carbonyl (C=O) groups is 1. The average molecular weight is 433 g/mol. The lowest BCUT2D eigenvalue weighted by atomic mass is 10.00. The molecule has 3 aromatic carbocycles. The predicted octanol–water partition coefficient (Wildman–Crippen LogP) is 8.18. The average Bonchev–Trinajstić information content (AvgIpc) is 2.81. The molecular formula is C29H33FO2. The van der Waals surface area contributed by atoms with Crippen molar-refractivity contribution in [3.8, 4) is 16.9 Å². The molecule has 168 valence electrons. The third-order valence-corrected chi connectivity index (χ3v) is 5.76. The van der Waals surface area contributed by atoms with Crippen LogP contribution in [0.15, 0.2) is 66.7 Å². The van der Waals surface area contributed by atoms with Crippen LogP contribution < -0.4 is 4.74 Å². The molecule has 0 saturated heterocycles. The van der Waals surface area contributed by atoms with Crippen LogP contribution in [-0.4, -0.2) is 5.97 Å². The maximum absolute atomic E-state index is 14.5. The minimum atomic E-state index is -0.396. The monoisotopic (exact) mass is 432 g/mol. The topological polar surface area (TPSA) is 26.3 Å². The molecule has 3 rings (SSSR count). The van der Waals surface area contributed by atoms with Crippen molar-refractivity contribution in [2.24, 2.45) is 0 Å². The molecule has 2 nitrogen and oxygen atoms in total. The number of esters is 1. The van der Waals surface area contributed by atoms with Crippen molar-refractivity contribution in [2.45, 2.75) is 65.2 Å². The number of ether oxygens (including phenoxy) is 1. The highest BCUT2D eigenvalue weighted by atomic mass is 19.1. The SMILES string of the molecule is CCCCCc1ccc(OC(=O)c2ccc(-c3ccc(CCCCC)c(F)c3)cc2)cc1. The fourth-order valence-corrected chi connectivity index (χ4v) is 3.76. The van der Waals surface area contributed by atoms with Gasteiger partial charge < -0.3 is 4.74 Å². The lowest BCUT2D eigenvalue weighted by molar-refractivity contribution is 0.0734. The van der Waals surface area contributed by atoms with Gasteiger partial charge >= 0.3 is 5.97 Å². The third kappa shape index (κ3) is 6.78. The van der Waals surface area contributed by atoms with E-state index in [9.17, 15) is 9.18 Å². The van der Waals surface area contributed by atoms with Crippen molar-refractivity contribution in [1.29, 1.82) is 0 Å². The van der Waals surface area contributed by atoms with Gasteiger partial charge in [0.05, 0.1) is 5.56 Å². The molecule has 3 heteroatoms. The van der Waals surface area contributed by atoms with Crippen LogP contribution in [0.25, 0.3) is 11.1 Å². The Morgan fingerprint density at radius 2 is 1.38 bits per heavy atom. The summed E-state index contributed by atoms with van der Waals surface area (Å²) in [6.07, 6.45) is 8.66.